The van der Waals surface area contributed by atoms with Crippen molar-refractivity contribution < 1.29 is 9.90 Å². The monoisotopic (exact) mass is 367 g/mol. The Kier molecular flexibility index (Phi) is 4.38. The molecule has 0 aliphatic carbocycles. The van der Waals surface area contributed by atoms with Crippen LogP contribution in [0.15, 0.2) is 48.1 Å². The van der Waals surface area contributed by atoms with Crippen LogP contribution >= 0.6 is 11.3 Å². The van der Waals surface area contributed by atoms with Crippen LogP contribution in [0, 0.1) is 6.92 Å². The molecule has 0 saturated carbocycles. The summed E-state index contributed by atoms with van der Waals surface area (Å²) < 4.78 is 0. The Labute approximate surface area is 156 Å². The normalized spacial score (nSPS) is 16.6. The quantitative estimate of drug-likeness (QED) is 0.743. The van der Waals surface area contributed by atoms with Crippen molar-refractivity contribution >= 4 is 17.2 Å². The second-order valence-corrected chi connectivity index (χ2v) is 7.79. The van der Waals surface area contributed by atoms with Gasteiger partial charge in [0.2, 0.25) is 0 Å². The van der Waals surface area contributed by atoms with Crippen LogP contribution in [-0.2, 0) is 5.60 Å². The van der Waals surface area contributed by atoms with Gasteiger partial charge in [0.15, 0.2) is 0 Å². The number of hydrogen-bond donors (Lipinski definition) is 2. The number of aromatic nitrogens is 2. The molecule has 134 valence electrons. The number of hydrogen-bond acceptors (Lipinski definition) is 4. The maximum atomic E-state index is 12.8. The van der Waals surface area contributed by atoms with Crippen LogP contribution in [0.2, 0.25) is 0 Å². The molecule has 0 atom stereocenters. The van der Waals surface area contributed by atoms with Gasteiger partial charge in [0, 0.05) is 35.1 Å². The lowest BCUT2D eigenvalue weighted by molar-refractivity contribution is -0.0211. The molecule has 4 rings (SSSR count). The van der Waals surface area contributed by atoms with Crippen molar-refractivity contribution in [3.63, 3.8) is 0 Å². The van der Waals surface area contributed by atoms with Gasteiger partial charge in [0.1, 0.15) is 0 Å². The van der Waals surface area contributed by atoms with E-state index in [1.807, 2.05) is 53.7 Å². The Morgan fingerprint density at radius 1 is 1.31 bits per heavy atom. The number of benzene rings is 1. The lowest BCUT2D eigenvalue weighted by Gasteiger charge is -2.38. The number of nitrogens with one attached hydrogen (secondary N) is 1. The predicted octanol–water partition coefficient (Wildman–Crippen LogP) is 3.57. The van der Waals surface area contributed by atoms with Gasteiger partial charge in [-0.1, -0.05) is 29.8 Å². The highest BCUT2D eigenvalue weighted by molar-refractivity contribution is 7.13. The summed E-state index contributed by atoms with van der Waals surface area (Å²) in [5, 5.41) is 19.7. The number of thiophene rings is 1. The number of aryl methyl sites for hydroxylation is 1. The minimum Gasteiger partial charge on any atom is -0.385 e. The molecular formula is C20H21N3O2S. The number of carbonyl (C=O) groups is 1. The molecule has 0 spiro atoms. The number of aliphatic hydroxyl groups is 1. The summed E-state index contributed by atoms with van der Waals surface area (Å²) in [6.07, 6.45) is 4.69. The van der Waals surface area contributed by atoms with E-state index in [0.717, 1.165) is 21.6 Å². The number of H-pyrrole nitrogens is 1. The zero-order valence-corrected chi connectivity index (χ0v) is 15.4. The lowest BCUT2D eigenvalue weighted by atomic mass is 9.84. The molecule has 0 bridgehead atoms. The van der Waals surface area contributed by atoms with E-state index in [1.54, 1.807) is 17.5 Å². The molecular weight excluding hydrogens is 346 g/mol. The number of likely N-dealkylation sites (tertiary alicyclic amines) is 1. The van der Waals surface area contributed by atoms with Crippen LogP contribution < -0.4 is 0 Å². The molecule has 1 fully saturated rings. The predicted molar refractivity (Wildman–Crippen MR) is 102 cm³/mol. The Morgan fingerprint density at radius 2 is 2.12 bits per heavy atom. The van der Waals surface area contributed by atoms with Crippen molar-refractivity contribution in [1.29, 1.82) is 0 Å². The van der Waals surface area contributed by atoms with Gasteiger partial charge in [-0.2, -0.15) is 5.10 Å². The molecule has 6 heteroatoms. The van der Waals surface area contributed by atoms with Crippen molar-refractivity contribution in [2.24, 2.45) is 0 Å². The Morgan fingerprint density at radius 3 is 2.81 bits per heavy atom. The van der Waals surface area contributed by atoms with Crippen molar-refractivity contribution in [3.05, 3.63) is 64.8 Å². The first-order chi connectivity index (χ1) is 12.5. The minimum absolute atomic E-state index is 0.0299. The molecule has 1 saturated heterocycles. The van der Waals surface area contributed by atoms with Crippen molar-refractivity contribution in [3.8, 4) is 10.4 Å². The topological polar surface area (TPSA) is 69.2 Å². The molecule has 5 nitrogen and oxygen atoms in total. The molecule has 2 N–H and O–H groups in total. The van der Waals surface area contributed by atoms with E-state index in [4.69, 9.17) is 0 Å². The highest BCUT2D eigenvalue weighted by atomic mass is 32.1. The van der Waals surface area contributed by atoms with E-state index < -0.39 is 5.60 Å². The summed E-state index contributed by atoms with van der Waals surface area (Å²) in [4.78, 5) is 15.7. The molecule has 2 aromatic heterocycles. The van der Waals surface area contributed by atoms with Gasteiger partial charge in [-0.05, 0) is 31.4 Å². The zero-order chi connectivity index (χ0) is 18.1. The number of piperidine rings is 1. The molecule has 26 heavy (non-hydrogen) atoms. The average molecular weight is 367 g/mol. The van der Waals surface area contributed by atoms with Crippen molar-refractivity contribution in [2.45, 2.75) is 25.4 Å². The molecule has 1 aliphatic rings. The van der Waals surface area contributed by atoms with Gasteiger partial charge in [0.25, 0.3) is 5.91 Å². The third kappa shape index (κ3) is 3.18. The van der Waals surface area contributed by atoms with Crippen LogP contribution in [-0.4, -0.2) is 39.2 Å². The fourth-order valence-electron chi connectivity index (χ4n) is 3.47. The molecule has 1 aliphatic heterocycles. The van der Waals surface area contributed by atoms with Gasteiger partial charge in [-0.15, -0.1) is 11.3 Å². The van der Waals surface area contributed by atoms with Crippen LogP contribution in [0.5, 0.6) is 0 Å². The Balaban J connectivity index is 1.45. The third-order valence-electron chi connectivity index (χ3n) is 5.06. The van der Waals surface area contributed by atoms with E-state index in [2.05, 4.69) is 10.2 Å². The molecule has 0 radical (unpaired) electrons. The van der Waals surface area contributed by atoms with E-state index in [-0.39, 0.29) is 5.91 Å². The van der Waals surface area contributed by atoms with Gasteiger partial charge in [-0.25, -0.2) is 0 Å². The number of carbonyl (C=O) groups excluding carboxylic acids is 1. The first-order valence-corrected chi connectivity index (χ1v) is 9.60. The fraction of sp³-hybridized carbons (Fsp3) is 0.300. The summed E-state index contributed by atoms with van der Waals surface area (Å²) in [6, 6.07) is 9.93. The average Bonchev–Trinajstić information content (AvgIpc) is 3.33. The van der Waals surface area contributed by atoms with Crippen molar-refractivity contribution in [1.82, 2.24) is 15.1 Å². The Hall–Kier alpha value is -2.44. The maximum absolute atomic E-state index is 12.8. The van der Waals surface area contributed by atoms with Gasteiger partial charge >= 0.3 is 0 Å². The van der Waals surface area contributed by atoms with Crippen LogP contribution in [0.25, 0.3) is 10.4 Å². The molecule has 3 heterocycles. The highest BCUT2D eigenvalue weighted by Gasteiger charge is 2.35. The first kappa shape index (κ1) is 17.0. The summed E-state index contributed by atoms with van der Waals surface area (Å²) in [5.41, 5.74) is 2.93. The summed E-state index contributed by atoms with van der Waals surface area (Å²) in [6.45, 7) is 3.14. The molecule has 3 aromatic rings. The maximum Gasteiger partial charge on any atom is 0.254 e. The van der Waals surface area contributed by atoms with E-state index in [9.17, 15) is 9.90 Å². The van der Waals surface area contributed by atoms with E-state index in [1.165, 1.54) is 0 Å². The zero-order valence-electron chi connectivity index (χ0n) is 14.6. The second-order valence-electron chi connectivity index (χ2n) is 6.88. The SMILES string of the molecule is Cc1cccc(C2(O)CCN(C(=O)c3csc(-c4cn[nH]c4)c3)CC2)c1. The molecule has 0 unspecified atom stereocenters. The summed E-state index contributed by atoms with van der Waals surface area (Å²) >= 11 is 1.54. The van der Waals surface area contributed by atoms with Gasteiger partial charge in [0.05, 0.1) is 17.4 Å². The molecule has 1 amide bonds. The van der Waals surface area contributed by atoms with E-state index in [0.29, 0.717) is 31.5 Å². The van der Waals surface area contributed by atoms with E-state index >= 15 is 0 Å². The summed E-state index contributed by atoms with van der Waals surface area (Å²) in [5.74, 6) is 0.0299. The fourth-order valence-corrected chi connectivity index (χ4v) is 4.34. The van der Waals surface area contributed by atoms with Crippen LogP contribution in [0.4, 0.5) is 0 Å². The largest absolute Gasteiger partial charge is 0.385 e. The smallest absolute Gasteiger partial charge is 0.254 e. The van der Waals surface area contributed by atoms with Gasteiger partial charge in [-0.3, -0.25) is 9.89 Å². The molecule has 1 aromatic carbocycles. The van der Waals surface area contributed by atoms with Crippen LogP contribution in [0.3, 0.4) is 0 Å². The van der Waals surface area contributed by atoms with Crippen LogP contribution in [0.1, 0.15) is 34.3 Å². The lowest BCUT2D eigenvalue weighted by Crippen LogP contribution is -2.45. The number of aromatic amines is 1. The third-order valence-corrected chi connectivity index (χ3v) is 6.04. The Bertz CT molecular complexity index is 909. The first-order valence-electron chi connectivity index (χ1n) is 8.72. The highest BCUT2D eigenvalue weighted by Crippen LogP contribution is 2.34. The number of amides is 1. The minimum atomic E-state index is -0.848. The summed E-state index contributed by atoms with van der Waals surface area (Å²) in [7, 11) is 0. The standard InChI is InChI=1S/C20H21N3O2S/c1-14-3-2-4-17(9-14)20(25)5-7-23(8-6-20)19(24)15-10-18(26-13-15)16-11-21-22-12-16/h2-4,9-13,25H,5-8H2,1H3,(H,21,22). The second kappa shape index (κ2) is 6.70. The number of nitrogens with zero attached hydrogens (tertiary/aromatic N) is 2. The van der Waals surface area contributed by atoms with Gasteiger partial charge < -0.3 is 10.0 Å². The number of rotatable bonds is 3. The van der Waals surface area contributed by atoms with Crippen molar-refractivity contribution in [2.75, 3.05) is 13.1 Å².